The maximum Gasteiger partial charge on any atom is 0.223 e. The summed E-state index contributed by atoms with van der Waals surface area (Å²) < 4.78 is 0. The number of likely N-dealkylation sites (tertiary alicyclic amines) is 1. The molecule has 1 atom stereocenters. The molecule has 1 spiro atoms. The molecule has 0 bridgehead atoms. The number of phenols is 1. The molecule has 2 fully saturated rings. The zero-order valence-electron chi connectivity index (χ0n) is 16.3. The van der Waals surface area contributed by atoms with Crippen molar-refractivity contribution in [3.8, 4) is 5.75 Å². The molecule has 4 rings (SSSR count). The Balaban J connectivity index is 1.16. The second kappa shape index (κ2) is 8.31. The van der Waals surface area contributed by atoms with E-state index in [4.69, 9.17) is 0 Å². The number of nitrogens with zero attached hydrogens (tertiary/aromatic N) is 2. The highest BCUT2D eigenvalue weighted by atomic mass is 16.3. The van der Waals surface area contributed by atoms with Gasteiger partial charge in [-0.3, -0.25) is 14.7 Å². The number of carbonyl (C=O) groups is 1. The summed E-state index contributed by atoms with van der Waals surface area (Å²) >= 11 is 0. The van der Waals surface area contributed by atoms with Crippen LogP contribution < -0.4 is 5.32 Å². The van der Waals surface area contributed by atoms with Gasteiger partial charge in [-0.2, -0.15) is 0 Å². The first-order valence-electron chi connectivity index (χ1n) is 10.3. The predicted octanol–water partition coefficient (Wildman–Crippen LogP) is 3.14. The normalized spacial score (nSPS) is 20.8. The molecule has 28 heavy (non-hydrogen) atoms. The van der Waals surface area contributed by atoms with Crippen LogP contribution in [0.5, 0.6) is 5.75 Å². The molecule has 1 aromatic carbocycles. The van der Waals surface area contributed by atoms with Gasteiger partial charge in [0, 0.05) is 31.4 Å². The summed E-state index contributed by atoms with van der Waals surface area (Å²) in [4.78, 5) is 19.0. The SMILES string of the molecule is O=C(NCCCc1ccncc1)C1CC12CCN(Cc1ccc(O)cc1)CC2. The molecule has 148 valence electrons. The lowest BCUT2D eigenvalue weighted by Gasteiger charge is -2.32. The fraction of sp³-hybridized carbons (Fsp3) is 0.478. The average molecular weight is 380 g/mol. The Hall–Kier alpha value is -2.40. The van der Waals surface area contributed by atoms with Gasteiger partial charge in [-0.25, -0.2) is 0 Å². The molecule has 1 unspecified atom stereocenters. The number of aryl methyl sites for hydroxylation is 1. The highest BCUT2D eigenvalue weighted by Gasteiger charge is 2.58. The molecular weight excluding hydrogens is 350 g/mol. The minimum atomic E-state index is 0.212. The van der Waals surface area contributed by atoms with Gasteiger partial charge < -0.3 is 10.4 Å². The predicted molar refractivity (Wildman–Crippen MR) is 109 cm³/mol. The maximum atomic E-state index is 12.5. The summed E-state index contributed by atoms with van der Waals surface area (Å²) in [6, 6.07) is 11.5. The van der Waals surface area contributed by atoms with Crippen LogP contribution in [0, 0.1) is 11.3 Å². The molecule has 5 nitrogen and oxygen atoms in total. The summed E-state index contributed by atoms with van der Waals surface area (Å²) in [5.41, 5.74) is 2.75. The van der Waals surface area contributed by atoms with Crippen molar-refractivity contribution in [2.45, 2.75) is 38.6 Å². The smallest absolute Gasteiger partial charge is 0.223 e. The Bertz CT molecular complexity index is 783. The lowest BCUT2D eigenvalue weighted by molar-refractivity contribution is -0.123. The first kappa shape index (κ1) is 18.9. The molecule has 1 aliphatic heterocycles. The number of piperidine rings is 1. The van der Waals surface area contributed by atoms with E-state index in [1.54, 1.807) is 12.1 Å². The first-order chi connectivity index (χ1) is 13.6. The Morgan fingerprint density at radius 3 is 2.54 bits per heavy atom. The second-order valence-corrected chi connectivity index (χ2v) is 8.31. The van der Waals surface area contributed by atoms with Gasteiger partial charge in [0.1, 0.15) is 5.75 Å². The van der Waals surface area contributed by atoms with E-state index in [1.807, 2.05) is 36.7 Å². The van der Waals surface area contributed by atoms with E-state index in [0.717, 1.165) is 58.3 Å². The number of aromatic nitrogens is 1. The van der Waals surface area contributed by atoms with Gasteiger partial charge in [-0.15, -0.1) is 0 Å². The highest BCUT2D eigenvalue weighted by molar-refractivity contribution is 5.82. The molecular formula is C23H29N3O2. The number of nitrogens with one attached hydrogen (secondary N) is 1. The molecule has 2 aromatic rings. The van der Waals surface area contributed by atoms with Crippen LogP contribution >= 0.6 is 0 Å². The number of benzene rings is 1. The topological polar surface area (TPSA) is 65.5 Å². The number of hydrogen-bond donors (Lipinski definition) is 2. The first-order valence-corrected chi connectivity index (χ1v) is 10.3. The van der Waals surface area contributed by atoms with Crippen molar-refractivity contribution in [3.05, 3.63) is 59.9 Å². The number of hydrogen-bond acceptors (Lipinski definition) is 4. The Labute approximate surface area is 166 Å². The third kappa shape index (κ3) is 4.53. The Morgan fingerprint density at radius 2 is 1.82 bits per heavy atom. The van der Waals surface area contributed by atoms with Crippen LogP contribution in [0.2, 0.25) is 0 Å². The summed E-state index contributed by atoms with van der Waals surface area (Å²) in [5, 5.41) is 12.6. The molecule has 0 radical (unpaired) electrons. The van der Waals surface area contributed by atoms with E-state index in [2.05, 4.69) is 15.2 Å². The van der Waals surface area contributed by atoms with Crippen molar-refractivity contribution in [3.63, 3.8) is 0 Å². The third-order valence-electron chi connectivity index (χ3n) is 6.39. The van der Waals surface area contributed by atoms with Crippen molar-refractivity contribution in [2.24, 2.45) is 11.3 Å². The van der Waals surface area contributed by atoms with E-state index in [1.165, 1.54) is 11.1 Å². The zero-order chi connectivity index (χ0) is 19.4. The van der Waals surface area contributed by atoms with Gasteiger partial charge >= 0.3 is 0 Å². The molecule has 2 N–H and O–H groups in total. The highest BCUT2D eigenvalue weighted by Crippen LogP contribution is 2.59. The van der Waals surface area contributed by atoms with Crippen LogP contribution in [-0.4, -0.2) is 40.5 Å². The lowest BCUT2D eigenvalue weighted by atomic mass is 9.90. The number of amides is 1. The van der Waals surface area contributed by atoms with E-state index in [-0.39, 0.29) is 17.2 Å². The Kier molecular flexibility index (Phi) is 5.62. The fourth-order valence-electron chi connectivity index (χ4n) is 4.46. The van der Waals surface area contributed by atoms with Gasteiger partial charge in [0.05, 0.1) is 0 Å². The minimum absolute atomic E-state index is 0.212. The van der Waals surface area contributed by atoms with Crippen LogP contribution in [0.3, 0.4) is 0 Å². The van der Waals surface area contributed by atoms with Crippen molar-refractivity contribution >= 4 is 5.91 Å². The van der Waals surface area contributed by atoms with E-state index < -0.39 is 0 Å². The van der Waals surface area contributed by atoms with Gasteiger partial charge in [0.25, 0.3) is 0 Å². The van der Waals surface area contributed by atoms with E-state index >= 15 is 0 Å². The van der Waals surface area contributed by atoms with Crippen molar-refractivity contribution in [1.29, 1.82) is 0 Å². The number of phenolic OH excluding ortho intramolecular Hbond substituents is 1. The molecule has 1 saturated carbocycles. The number of rotatable bonds is 7. The average Bonchev–Trinajstić information content (AvgIpc) is 3.43. The molecule has 1 aromatic heterocycles. The Morgan fingerprint density at radius 1 is 1.11 bits per heavy atom. The second-order valence-electron chi connectivity index (χ2n) is 8.31. The number of aromatic hydroxyl groups is 1. The zero-order valence-corrected chi connectivity index (χ0v) is 16.3. The standard InChI is InChI=1S/C23H29N3O2/c27-20-5-3-19(4-6-20)17-26-14-9-23(10-15-26)16-21(23)22(28)25-11-1-2-18-7-12-24-13-8-18/h3-8,12-13,21,27H,1-2,9-11,14-17H2,(H,25,28). The van der Waals surface area contributed by atoms with Crippen LogP contribution in [-0.2, 0) is 17.8 Å². The van der Waals surface area contributed by atoms with Gasteiger partial charge in [0.15, 0.2) is 0 Å². The van der Waals surface area contributed by atoms with Crippen LogP contribution in [0.1, 0.15) is 36.8 Å². The van der Waals surface area contributed by atoms with E-state index in [9.17, 15) is 9.90 Å². The summed E-state index contributed by atoms with van der Waals surface area (Å²) in [6.45, 7) is 3.77. The third-order valence-corrected chi connectivity index (χ3v) is 6.39. The lowest BCUT2D eigenvalue weighted by Crippen LogP contribution is -2.37. The van der Waals surface area contributed by atoms with Gasteiger partial charge in [0.2, 0.25) is 5.91 Å². The molecule has 1 saturated heterocycles. The van der Waals surface area contributed by atoms with Crippen molar-refractivity contribution in [2.75, 3.05) is 19.6 Å². The minimum Gasteiger partial charge on any atom is -0.508 e. The van der Waals surface area contributed by atoms with Gasteiger partial charge in [-0.1, -0.05) is 12.1 Å². The molecule has 5 heteroatoms. The van der Waals surface area contributed by atoms with Crippen LogP contribution in [0.25, 0.3) is 0 Å². The monoisotopic (exact) mass is 379 g/mol. The van der Waals surface area contributed by atoms with Crippen molar-refractivity contribution < 1.29 is 9.90 Å². The van der Waals surface area contributed by atoms with Crippen LogP contribution in [0.15, 0.2) is 48.8 Å². The van der Waals surface area contributed by atoms with E-state index in [0.29, 0.717) is 5.75 Å². The summed E-state index contributed by atoms with van der Waals surface area (Å²) in [6.07, 6.45) is 8.85. The largest absolute Gasteiger partial charge is 0.508 e. The molecule has 2 heterocycles. The van der Waals surface area contributed by atoms with Crippen LogP contribution in [0.4, 0.5) is 0 Å². The molecule has 2 aliphatic rings. The van der Waals surface area contributed by atoms with Crippen molar-refractivity contribution in [1.82, 2.24) is 15.2 Å². The number of carbonyl (C=O) groups excluding carboxylic acids is 1. The summed E-state index contributed by atoms with van der Waals surface area (Å²) in [7, 11) is 0. The maximum absolute atomic E-state index is 12.5. The van der Waals surface area contributed by atoms with Gasteiger partial charge in [-0.05, 0) is 86.0 Å². The quantitative estimate of drug-likeness (QED) is 0.726. The number of pyridine rings is 1. The fourth-order valence-corrected chi connectivity index (χ4v) is 4.46. The summed E-state index contributed by atoms with van der Waals surface area (Å²) in [5.74, 6) is 0.778. The molecule has 1 amide bonds. The molecule has 1 aliphatic carbocycles.